The molecule has 1 atom stereocenters. The van der Waals surface area contributed by atoms with Gasteiger partial charge in [-0.1, -0.05) is 5.21 Å². The first-order chi connectivity index (χ1) is 6.52. The van der Waals surface area contributed by atoms with Crippen LogP contribution in [0.4, 0.5) is 0 Å². The van der Waals surface area contributed by atoms with Crippen LogP contribution in [0.3, 0.4) is 0 Å². The van der Waals surface area contributed by atoms with E-state index in [0.29, 0.717) is 18.7 Å². The van der Waals surface area contributed by atoms with Crippen LogP contribution in [0.1, 0.15) is 29.5 Å². The van der Waals surface area contributed by atoms with Crippen molar-refractivity contribution in [2.24, 2.45) is 5.73 Å². The Balaban J connectivity index is 2.74. The summed E-state index contributed by atoms with van der Waals surface area (Å²) in [4.78, 5) is 10.8. The first-order valence-corrected chi connectivity index (χ1v) is 4.40. The first-order valence-electron chi connectivity index (χ1n) is 4.40. The van der Waals surface area contributed by atoms with E-state index in [9.17, 15) is 4.79 Å². The van der Waals surface area contributed by atoms with Gasteiger partial charge in [0.2, 0.25) is 0 Å². The Labute approximate surface area is 81.7 Å². The van der Waals surface area contributed by atoms with Gasteiger partial charge in [-0.3, -0.25) is 4.79 Å². The normalized spacial score (nSPS) is 12.8. The van der Waals surface area contributed by atoms with Crippen molar-refractivity contribution < 1.29 is 9.90 Å². The Kier molecular flexibility index (Phi) is 3.19. The highest BCUT2D eigenvalue weighted by atomic mass is 16.3. The van der Waals surface area contributed by atoms with Crippen molar-refractivity contribution in [1.82, 2.24) is 15.0 Å². The number of rotatable bonds is 4. The van der Waals surface area contributed by atoms with E-state index in [4.69, 9.17) is 10.8 Å². The summed E-state index contributed by atoms with van der Waals surface area (Å²) >= 11 is 0. The van der Waals surface area contributed by atoms with Gasteiger partial charge >= 0.3 is 0 Å². The lowest BCUT2D eigenvalue weighted by Gasteiger charge is -2.04. The highest BCUT2D eigenvalue weighted by Crippen LogP contribution is 2.04. The first kappa shape index (κ1) is 10.6. The Bertz CT molecular complexity index is 332. The molecule has 1 rings (SSSR count). The fraction of sp³-hybridized carbons (Fsp3) is 0.625. The van der Waals surface area contributed by atoms with E-state index in [0.717, 1.165) is 0 Å². The number of nitrogens with two attached hydrogens (primary N) is 1. The molecule has 1 aromatic heterocycles. The van der Waals surface area contributed by atoms with Gasteiger partial charge in [0.15, 0.2) is 5.69 Å². The summed E-state index contributed by atoms with van der Waals surface area (Å²) < 4.78 is 1.56. The van der Waals surface area contributed by atoms with E-state index in [-0.39, 0.29) is 5.69 Å². The van der Waals surface area contributed by atoms with E-state index in [1.54, 1.807) is 18.5 Å². The number of amides is 1. The van der Waals surface area contributed by atoms with Gasteiger partial charge in [-0.05, 0) is 20.3 Å². The smallest absolute Gasteiger partial charge is 0.271 e. The van der Waals surface area contributed by atoms with E-state index in [1.807, 2.05) is 0 Å². The average molecular weight is 198 g/mol. The predicted molar refractivity (Wildman–Crippen MR) is 49.6 cm³/mol. The lowest BCUT2D eigenvalue weighted by molar-refractivity contribution is 0.0995. The van der Waals surface area contributed by atoms with Crippen LogP contribution in [0, 0.1) is 6.92 Å². The number of carbonyl (C=O) groups excluding carboxylic acids is 1. The minimum Gasteiger partial charge on any atom is -0.393 e. The van der Waals surface area contributed by atoms with Crippen molar-refractivity contribution in [3.8, 4) is 0 Å². The van der Waals surface area contributed by atoms with Crippen LogP contribution >= 0.6 is 0 Å². The van der Waals surface area contributed by atoms with Crippen LogP contribution < -0.4 is 5.73 Å². The number of carbonyl (C=O) groups is 1. The molecule has 6 nitrogen and oxygen atoms in total. The topological polar surface area (TPSA) is 94.0 Å². The van der Waals surface area contributed by atoms with Crippen molar-refractivity contribution in [3.05, 3.63) is 11.4 Å². The molecule has 0 aromatic carbocycles. The van der Waals surface area contributed by atoms with Crippen LogP contribution in [0.25, 0.3) is 0 Å². The molecule has 1 amide bonds. The average Bonchev–Trinajstić information content (AvgIpc) is 2.43. The molecule has 0 radical (unpaired) electrons. The minimum atomic E-state index is -0.578. The number of aryl methyl sites for hydroxylation is 1. The van der Waals surface area contributed by atoms with Gasteiger partial charge in [0.05, 0.1) is 11.8 Å². The molecule has 1 aromatic rings. The van der Waals surface area contributed by atoms with Crippen LogP contribution in [0.5, 0.6) is 0 Å². The van der Waals surface area contributed by atoms with Gasteiger partial charge in [-0.15, -0.1) is 5.10 Å². The number of aliphatic hydroxyl groups is 1. The molecule has 0 spiro atoms. The molecule has 1 unspecified atom stereocenters. The van der Waals surface area contributed by atoms with Crippen molar-refractivity contribution in [3.63, 3.8) is 0 Å². The molecular formula is C8H14N4O2. The van der Waals surface area contributed by atoms with Crippen molar-refractivity contribution in [1.29, 1.82) is 0 Å². The predicted octanol–water partition coefficient (Wildman–Crippen LogP) is -0.544. The quantitative estimate of drug-likeness (QED) is 0.679. The third kappa shape index (κ3) is 2.29. The number of primary amides is 1. The third-order valence-corrected chi connectivity index (χ3v) is 1.97. The molecule has 0 saturated carbocycles. The number of aliphatic hydroxyl groups excluding tert-OH is 1. The second kappa shape index (κ2) is 4.19. The summed E-state index contributed by atoms with van der Waals surface area (Å²) in [7, 11) is 0. The Morgan fingerprint density at radius 1 is 1.71 bits per heavy atom. The Morgan fingerprint density at radius 2 is 2.36 bits per heavy atom. The number of nitrogens with zero attached hydrogens (tertiary/aromatic N) is 3. The summed E-state index contributed by atoms with van der Waals surface area (Å²) in [6, 6.07) is 0. The molecule has 78 valence electrons. The highest BCUT2D eigenvalue weighted by molar-refractivity contribution is 5.91. The van der Waals surface area contributed by atoms with Crippen LogP contribution in [0.15, 0.2) is 0 Å². The lowest BCUT2D eigenvalue weighted by Crippen LogP contribution is -2.14. The van der Waals surface area contributed by atoms with E-state index < -0.39 is 12.0 Å². The van der Waals surface area contributed by atoms with Crippen LogP contribution in [-0.2, 0) is 6.54 Å². The zero-order valence-corrected chi connectivity index (χ0v) is 8.27. The maximum Gasteiger partial charge on any atom is 0.271 e. The molecule has 0 aliphatic carbocycles. The molecule has 3 N–H and O–H groups in total. The molecule has 0 fully saturated rings. The van der Waals surface area contributed by atoms with Gasteiger partial charge < -0.3 is 10.8 Å². The number of hydrogen-bond acceptors (Lipinski definition) is 4. The SMILES string of the molecule is Cc1c(C(N)=O)nnn1CCC(C)O. The second-order valence-corrected chi connectivity index (χ2v) is 3.25. The molecule has 0 aliphatic rings. The molecule has 0 bridgehead atoms. The van der Waals surface area contributed by atoms with Gasteiger partial charge in [0.1, 0.15) is 0 Å². The minimum absolute atomic E-state index is 0.190. The van der Waals surface area contributed by atoms with Crippen LogP contribution in [0.2, 0.25) is 0 Å². The maximum atomic E-state index is 10.8. The summed E-state index contributed by atoms with van der Waals surface area (Å²) in [6.45, 7) is 3.95. The van der Waals surface area contributed by atoms with Crippen LogP contribution in [-0.4, -0.2) is 32.1 Å². The summed E-state index contributed by atoms with van der Waals surface area (Å²) in [5, 5.41) is 16.5. The largest absolute Gasteiger partial charge is 0.393 e. The van der Waals surface area contributed by atoms with Crippen molar-refractivity contribution in [2.45, 2.75) is 32.9 Å². The van der Waals surface area contributed by atoms with Gasteiger partial charge in [-0.25, -0.2) is 4.68 Å². The molecule has 1 heterocycles. The Morgan fingerprint density at radius 3 is 2.79 bits per heavy atom. The standard InChI is InChI=1S/C8H14N4O2/c1-5(13)3-4-12-6(2)7(8(9)14)10-11-12/h5,13H,3-4H2,1-2H3,(H2,9,14). The summed E-state index contributed by atoms with van der Waals surface area (Å²) in [5.74, 6) is -0.578. The fourth-order valence-electron chi connectivity index (χ4n) is 1.11. The molecule has 6 heteroatoms. The van der Waals surface area contributed by atoms with E-state index >= 15 is 0 Å². The second-order valence-electron chi connectivity index (χ2n) is 3.25. The van der Waals surface area contributed by atoms with Crippen molar-refractivity contribution in [2.75, 3.05) is 0 Å². The summed E-state index contributed by atoms with van der Waals surface area (Å²) in [5.41, 5.74) is 5.91. The molecular weight excluding hydrogens is 184 g/mol. The number of hydrogen-bond donors (Lipinski definition) is 2. The van der Waals surface area contributed by atoms with Gasteiger partial charge in [0, 0.05) is 6.54 Å². The van der Waals surface area contributed by atoms with E-state index in [1.165, 1.54) is 0 Å². The molecule has 0 saturated heterocycles. The summed E-state index contributed by atoms with van der Waals surface area (Å²) in [6.07, 6.45) is 0.179. The Hall–Kier alpha value is -1.43. The number of aromatic nitrogens is 3. The monoisotopic (exact) mass is 198 g/mol. The highest BCUT2D eigenvalue weighted by Gasteiger charge is 2.13. The zero-order valence-electron chi connectivity index (χ0n) is 8.27. The molecule has 14 heavy (non-hydrogen) atoms. The fourth-order valence-corrected chi connectivity index (χ4v) is 1.11. The maximum absolute atomic E-state index is 10.8. The van der Waals surface area contributed by atoms with Gasteiger partial charge in [-0.2, -0.15) is 0 Å². The third-order valence-electron chi connectivity index (χ3n) is 1.97. The molecule has 0 aliphatic heterocycles. The van der Waals surface area contributed by atoms with Crippen molar-refractivity contribution >= 4 is 5.91 Å². The zero-order chi connectivity index (χ0) is 10.7. The lowest BCUT2D eigenvalue weighted by atomic mass is 10.3. The van der Waals surface area contributed by atoms with Gasteiger partial charge in [0.25, 0.3) is 5.91 Å². The van der Waals surface area contributed by atoms with E-state index in [2.05, 4.69) is 10.3 Å².